The zero-order valence-corrected chi connectivity index (χ0v) is 14.1. The minimum Gasteiger partial charge on any atom is -0.502 e. The Bertz CT molecular complexity index is 541. The van der Waals surface area contributed by atoms with Crippen LogP contribution in [0.5, 0.6) is 11.5 Å². The second-order valence-electron chi connectivity index (χ2n) is 5.82. The number of aromatic hydroxyl groups is 1. The molecular weight excluding hydrogens is 297 g/mol. The molecule has 0 unspecified atom stereocenters. The van der Waals surface area contributed by atoms with Crippen molar-refractivity contribution in [3.63, 3.8) is 0 Å². The lowest BCUT2D eigenvalue weighted by molar-refractivity contribution is -0.121. The first-order valence-electron chi connectivity index (χ1n) is 7.92. The number of hydrogen-bond acceptors (Lipinski definition) is 3. The number of benzene rings is 1. The van der Waals surface area contributed by atoms with Gasteiger partial charge in [0.25, 0.3) is 0 Å². The van der Waals surface area contributed by atoms with E-state index < -0.39 is 11.6 Å². The van der Waals surface area contributed by atoms with Crippen molar-refractivity contribution in [1.82, 2.24) is 5.32 Å². The van der Waals surface area contributed by atoms with E-state index >= 15 is 0 Å². The van der Waals surface area contributed by atoms with Crippen LogP contribution in [0.25, 0.3) is 0 Å². The van der Waals surface area contributed by atoms with Gasteiger partial charge in [-0.3, -0.25) is 4.79 Å². The molecule has 0 saturated carbocycles. The van der Waals surface area contributed by atoms with E-state index in [-0.39, 0.29) is 18.2 Å². The highest BCUT2D eigenvalue weighted by Gasteiger charge is 2.10. The molecule has 0 heterocycles. The van der Waals surface area contributed by atoms with Gasteiger partial charge in [0, 0.05) is 13.0 Å². The Labute approximate surface area is 137 Å². The van der Waals surface area contributed by atoms with Crippen molar-refractivity contribution < 1.29 is 19.0 Å². The Morgan fingerprint density at radius 2 is 2.13 bits per heavy atom. The standard InChI is InChI=1S/C18H26FNO3/c1-13(2)8-6-4-5-7-9-17(21)20-12-14-10-15(19)18(22)16(11-14)23-3/h6,8,10-11,13,22H,4-5,7,9,12H2,1-3H3,(H,20,21). The monoisotopic (exact) mass is 323 g/mol. The molecule has 1 aromatic carbocycles. The number of hydrogen-bond donors (Lipinski definition) is 2. The fourth-order valence-corrected chi connectivity index (χ4v) is 2.09. The molecule has 0 aliphatic rings. The Morgan fingerprint density at radius 3 is 2.78 bits per heavy atom. The summed E-state index contributed by atoms with van der Waals surface area (Å²) in [6.07, 6.45) is 7.53. The summed E-state index contributed by atoms with van der Waals surface area (Å²) in [6.45, 7) is 4.47. The number of allylic oxidation sites excluding steroid dienone is 2. The van der Waals surface area contributed by atoms with Crippen LogP contribution in [-0.4, -0.2) is 18.1 Å². The van der Waals surface area contributed by atoms with Gasteiger partial charge in [-0.1, -0.05) is 26.0 Å². The second-order valence-corrected chi connectivity index (χ2v) is 5.82. The fourth-order valence-electron chi connectivity index (χ4n) is 2.09. The second kappa shape index (κ2) is 9.87. The molecule has 0 aliphatic heterocycles. The number of halogens is 1. The summed E-state index contributed by atoms with van der Waals surface area (Å²) in [5.74, 6) is -0.722. The van der Waals surface area contributed by atoms with Crippen molar-refractivity contribution in [3.05, 3.63) is 35.7 Å². The van der Waals surface area contributed by atoms with Crippen molar-refractivity contribution in [1.29, 1.82) is 0 Å². The van der Waals surface area contributed by atoms with Crippen molar-refractivity contribution in [3.8, 4) is 11.5 Å². The van der Waals surface area contributed by atoms with Gasteiger partial charge in [-0.25, -0.2) is 4.39 Å². The predicted molar refractivity (Wildman–Crippen MR) is 88.9 cm³/mol. The minimum absolute atomic E-state index is 0.0613. The molecule has 23 heavy (non-hydrogen) atoms. The normalized spacial score (nSPS) is 11.2. The molecular formula is C18H26FNO3. The first-order chi connectivity index (χ1) is 10.9. The molecule has 0 aromatic heterocycles. The first-order valence-corrected chi connectivity index (χ1v) is 7.92. The Morgan fingerprint density at radius 1 is 1.39 bits per heavy atom. The van der Waals surface area contributed by atoms with E-state index in [9.17, 15) is 14.3 Å². The first kappa shape index (κ1) is 19.0. The molecule has 0 atom stereocenters. The molecule has 5 heteroatoms. The third-order valence-electron chi connectivity index (χ3n) is 3.34. The van der Waals surface area contributed by atoms with Gasteiger partial charge in [-0.05, 0) is 42.9 Å². The molecule has 0 spiro atoms. The van der Waals surface area contributed by atoms with Gasteiger partial charge in [0.05, 0.1) is 7.11 Å². The number of unbranched alkanes of at least 4 members (excludes halogenated alkanes) is 2. The summed E-state index contributed by atoms with van der Waals surface area (Å²) in [5, 5.41) is 12.2. The number of rotatable bonds is 9. The van der Waals surface area contributed by atoms with Gasteiger partial charge < -0.3 is 15.2 Å². The lowest BCUT2D eigenvalue weighted by Crippen LogP contribution is -2.22. The molecule has 4 nitrogen and oxygen atoms in total. The van der Waals surface area contributed by atoms with Crippen LogP contribution in [0, 0.1) is 11.7 Å². The number of nitrogens with one attached hydrogen (secondary N) is 1. The number of amides is 1. The number of phenolic OH excluding ortho intramolecular Hbond substituents is 1. The molecule has 0 saturated heterocycles. The molecule has 0 aliphatic carbocycles. The molecule has 0 bridgehead atoms. The van der Waals surface area contributed by atoms with Gasteiger partial charge in [0.1, 0.15) is 0 Å². The molecule has 0 fully saturated rings. The van der Waals surface area contributed by atoms with E-state index in [1.54, 1.807) is 0 Å². The van der Waals surface area contributed by atoms with E-state index in [1.807, 2.05) is 0 Å². The molecule has 1 rings (SSSR count). The highest BCUT2D eigenvalue weighted by Crippen LogP contribution is 2.29. The van der Waals surface area contributed by atoms with E-state index in [0.717, 1.165) is 19.3 Å². The van der Waals surface area contributed by atoms with Gasteiger partial charge in [0.2, 0.25) is 5.91 Å². The van der Waals surface area contributed by atoms with E-state index in [2.05, 4.69) is 31.3 Å². The lowest BCUT2D eigenvalue weighted by atomic mass is 10.1. The quantitative estimate of drug-likeness (QED) is 0.535. The van der Waals surface area contributed by atoms with Gasteiger partial charge in [0.15, 0.2) is 17.3 Å². The molecule has 1 aromatic rings. The van der Waals surface area contributed by atoms with Crippen molar-refractivity contribution in [2.75, 3.05) is 7.11 Å². The molecule has 0 radical (unpaired) electrons. The lowest BCUT2D eigenvalue weighted by Gasteiger charge is -2.09. The average molecular weight is 323 g/mol. The number of ether oxygens (including phenoxy) is 1. The molecule has 1 amide bonds. The van der Waals surface area contributed by atoms with Crippen LogP contribution in [0.15, 0.2) is 24.3 Å². The highest BCUT2D eigenvalue weighted by atomic mass is 19.1. The van der Waals surface area contributed by atoms with E-state index in [0.29, 0.717) is 17.9 Å². The third kappa shape index (κ3) is 7.17. The zero-order chi connectivity index (χ0) is 17.2. The zero-order valence-electron chi connectivity index (χ0n) is 14.1. The summed E-state index contributed by atoms with van der Waals surface area (Å²) in [7, 11) is 1.35. The van der Waals surface area contributed by atoms with Gasteiger partial charge in [-0.15, -0.1) is 0 Å². The summed E-state index contributed by atoms with van der Waals surface area (Å²) >= 11 is 0. The van der Waals surface area contributed by atoms with Crippen LogP contribution in [0.2, 0.25) is 0 Å². The largest absolute Gasteiger partial charge is 0.502 e. The van der Waals surface area contributed by atoms with E-state index in [4.69, 9.17) is 4.74 Å². The Balaban J connectivity index is 2.32. The van der Waals surface area contributed by atoms with Crippen LogP contribution < -0.4 is 10.1 Å². The number of carbonyl (C=O) groups is 1. The van der Waals surface area contributed by atoms with E-state index in [1.165, 1.54) is 19.2 Å². The van der Waals surface area contributed by atoms with Crippen LogP contribution in [-0.2, 0) is 11.3 Å². The summed E-state index contributed by atoms with van der Waals surface area (Å²) < 4.78 is 18.4. The maximum Gasteiger partial charge on any atom is 0.220 e. The summed E-state index contributed by atoms with van der Waals surface area (Å²) in [6, 6.07) is 2.70. The summed E-state index contributed by atoms with van der Waals surface area (Å²) in [5.41, 5.74) is 0.547. The fraction of sp³-hybridized carbons (Fsp3) is 0.500. The van der Waals surface area contributed by atoms with Crippen molar-refractivity contribution in [2.45, 2.75) is 46.1 Å². The van der Waals surface area contributed by atoms with Gasteiger partial charge in [-0.2, -0.15) is 0 Å². The molecule has 2 N–H and O–H groups in total. The SMILES string of the molecule is COc1cc(CNC(=O)CCCCC=CC(C)C)cc(F)c1O. The number of phenols is 1. The Kier molecular flexibility index (Phi) is 8.16. The highest BCUT2D eigenvalue weighted by molar-refractivity contribution is 5.75. The maximum absolute atomic E-state index is 13.5. The average Bonchev–Trinajstić information content (AvgIpc) is 2.51. The van der Waals surface area contributed by atoms with Crippen LogP contribution >= 0.6 is 0 Å². The molecule has 128 valence electrons. The predicted octanol–water partition coefficient (Wildman–Crippen LogP) is 3.93. The maximum atomic E-state index is 13.5. The van der Waals surface area contributed by atoms with Crippen molar-refractivity contribution in [2.24, 2.45) is 5.92 Å². The van der Waals surface area contributed by atoms with Crippen LogP contribution in [0.4, 0.5) is 4.39 Å². The number of carbonyl (C=O) groups excluding carboxylic acids is 1. The van der Waals surface area contributed by atoms with Crippen molar-refractivity contribution >= 4 is 5.91 Å². The minimum atomic E-state index is -0.759. The van der Waals surface area contributed by atoms with Gasteiger partial charge >= 0.3 is 0 Å². The van der Waals surface area contributed by atoms with Crippen LogP contribution in [0.1, 0.15) is 45.1 Å². The summed E-state index contributed by atoms with van der Waals surface area (Å²) in [4.78, 5) is 11.8. The Hall–Kier alpha value is -2.04. The number of methoxy groups -OCH3 is 1. The smallest absolute Gasteiger partial charge is 0.220 e. The topological polar surface area (TPSA) is 58.6 Å². The third-order valence-corrected chi connectivity index (χ3v) is 3.34. The van der Waals surface area contributed by atoms with Crippen LogP contribution in [0.3, 0.4) is 0 Å².